The van der Waals surface area contributed by atoms with Gasteiger partial charge < -0.3 is 9.84 Å². The first-order valence-corrected chi connectivity index (χ1v) is 4.96. The molecule has 0 radical (unpaired) electrons. The van der Waals surface area contributed by atoms with Gasteiger partial charge in [-0.05, 0) is 17.7 Å². The zero-order valence-electron chi connectivity index (χ0n) is 9.00. The molecule has 2 rings (SSSR count). The minimum absolute atomic E-state index is 0.0162. The average Bonchev–Trinajstić information content (AvgIpc) is 2.73. The van der Waals surface area contributed by atoms with Crippen LogP contribution in [0.5, 0.6) is 5.75 Å². The van der Waals surface area contributed by atoms with Crippen molar-refractivity contribution < 1.29 is 9.84 Å². The predicted molar refractivity (Wildman–Crippen MR) is 57.7 cm³/mol. The fourth-order valence-corrected chi connectivity index (χ4v) is 1.35. The Balaban J connectivity index is 1.99. The molecular formula is C11H13N3O2. The van der Waals surface area contributed by atoms with Gasteiger partial charge >= 0.3 is 0 Å². The van der Waals surface area contributed by atoms with Crippen molar-refractivity contribution in [2.75, 3.05) is 0 Å². The molecule has 0 atom stereocenters. The van der Waals surface area contributed by atoms with Crippen LogP contribution in [0.1, 0.15) is 11.3 Å². The summed E-state index contributed by atoms with van der Waals surface area (Å²) >= 11 is 0. The van der Waals surface area contributed by atoms with Gasteiger partial charge in [-0.1, -0.05) is 17.3 Å². The van der Waals surface area contributed by atoms with Crippen molar-refractivity contribution in [3.63, 3.8) is 0 Å². The first kappa shape index (κ1) is 10.6. The van der Waals surface area contributed by atoms with Gasteiger partial charge in [-0.3, -0.25) is 4.68 Å². The lowest BCUT2D eigenvalue weighted by Crippen LogP contribution is -1.96. The Kier molecular flexibility index (Phi) is 3.16. The van der Waals surface area contributed by atoms with Crippen LogP contribution in [0, 0.1) is 0 Å². The third-order valence-corrected chi connectivity index (χ3v) is 2.12. The normalized spacial score (nSPS) is 10.4. The van der Waals surface area contributed by atoms with E-state index in [9.17, 15) is 0 Å². The van der Waals surface area contributed by atoms with E-state index >= 15 is 0 Å². The number of ether oxygens (including phenoxy) is 1. The average molecular weight is 219 g/mol. The molecule has 5 heteroatoms. The summed E-state index contributed by atoms with van der Waals surface area (Å²) in [4.78, 5) is 0. The van der Waals surface area contributed by atoms with Gasteiger partial charge in [-0.15, -0.1) is 5.10 Å². The molecule has 1 aromatic heterocycles. The van der Waals surface area contributed by atoms with Gasteiger partial charge in [-0.2, -0.15) is 0 Å². The molecule has 0 fully saturated rings. The van der Waals surface area contributed by atoms with Crippen molar-refractivity contribution in [1.82, 2.24) is 15.0 Å². The summed E-state index contributed by atoms with van der Waals surface area (Å²) in [6, 6.07) is 7.33. The van der Waals surface area contributed by atoms with Crippen LogP contribution in [-0.4, -0.2) is 20.1 Å². The van der Waals surface area contributed by atoms with Gasteiger partial charge in [0, 0.05) is 7.05 Å². The molecular weight excluding hydrogens is 206 g/mol. The Morgan fingerprint density at radius 2 is 2.31 bits per heavy atom. The summed E-state index contributed by atoms with van der Waals surface area (Å²) in [6.45, 7) is 0.394. The van der Waals surface area contributed by atoms with Crippen molar-refractivity contribution in [1.29, 1.82) is 0 Å². The lowest BCUT2D eigenvalue weighted by Gasteiger charge is -2.04. The number of hydrogen-bond donors (Lipinski definition) is 1. The fourth-order valence-electron chi connectivity index (χ4n) is 1.35. The van der Waals surface area contributed by atoms with E-state index in [-0.39, 0.29) is 6.61 Å². The molecule has 1 heterocycles. The SMILES string of the molecule is Cn1cc(COc2cccc(CO)c2)nn1. The Bertz CT molecular complexity index is 468. The quantitative estimate of drug-likeness (QED) is 0.829. The van der Waals surface area contributed by atoms with Gasteiger partial charge in [0.1, 0.15) is 18.1 Å². The summed E-state index contributed by atoms with van der Waals surface area (Å²) in [5.74, 6) is 0.720. The smallest absolute Gasteiger partial charge is 0.134 e. The van der Waals surface area contributed by atoms with Crippen molar-refractivity contribution >= 4 is 0 Å². The molecule has 0 bridgehead atoms. The Morgan fingerprint density at radius 1 is 1.44 bits per heavy atom. The molecule has 0 saturated carbocycles. The van der Waals surface area contributed by atoms with Crippen LogP contribution in [0.25, 0.3) is 0 Å². The van der Waals surface area contributed by atoms with Gasteiger partial charge in [0.15, 0.2) is 0 Å². The van der Waals surface area contributed by atoms with E-state index in [4.69, 9.17) is 9.84 Å². The third-order valence-electron chi connectivity index (χ3n) is 2.12. The fraction of sp³-hybridized carbons (Fsp3) is 0.273. The van der Waals surface area contributed by atoms with Crippen LogP contribution in [0.3, 0.4) is 0 Å². The molecule has 0 aliphatic carbocycles. The molecule has 1 N–H and O–H groups in total. The summed E-state index contributed by atoms with van der Waals surface area (Å²) in [7, 11) is 1.81. The highest BCUT2D eigenvalue weighted by molar-refractivity contribution is 5.28. The van der Waals surface area contributed by atoms with Crippen molar-refractivity contribution in [2.45, 2.75) is 13.2 Å². The van der Waals surface area contributed by atoms with Gasteiger partial charge in [-0.25, -0.2) is 0 Å². The van der Waals surface area contributed by atoms with Gasteiger partial charge in [0.2, 0.25) is 0 Å². The van der Waals surface area contributed by atoms with E-state index in [1.165, 1.54) is 0 Å². The number of aliphatic hydroxyl groups is 1. The van der Waals surface area contributed by atoms with E-state index in [0.29, 0.717) is 6.61 Å². The number of rotatable bonds is 4. The lowest BCUT2D eigenvalue weighted by atomic mass is 10.2. The summed E-state index contributed by atoms with van der Waals surface area (Å²) in [5.41, 5.74) is 1.61. The van der Waals surface area contributed by atoms with Crippen LogP contribution in [0.15, 0.2) is 30.5 Å². The van der Waals surface area contributed by atoms with E-state index in [1.54, 1.807) is 16.9 Å². The number of benzene rings is 1. The zero-order chi connectivity index (χ0) is 11.4. The highest BCUT2D eigenvalue weighted by Crippen LogP contribution is 2.14. The number of hydrogen-bond acceptors (Lipinski definition) is 4. The molecule has 0 aliphatic heterocycles. The van der Waals surface area contributed by atoms with Gasteiger partial charge in [0.05, 0.1) is 12.8 Å². The molecule has 2 aromatic rings. The summed E-state index contributed by atoms with van der Waals surface area (Å²) < 4.78 is 7.15. The minimum atomic E-state index is 0.0162. The molecule has 0 spiro atoms. The number of nitrogens with zero attached hydrogens (tertiary/aromatic N) is 3. The largest absolute Gasteiger partial charge is 0.487 e. The highest BCUT2D eigenvalue weighted by Gasteiger charge is 2.00. The number of aromatic nitrogens is 3. The molecule has 0 amide bonds. The highest BCUT2D eigenvalue weighted by atomic mass is 16.5. The topological polar surface area (TPSA) is 60.2 Å². The maximum Gasteiger partial charge on any atom is 0.134 e. The number of aryl methyl sites for hydroxylation is 1. The van der Waals surface area contributed by atoms with Gasteiger partial charge in [0.25, 0.3) is 0 Å². The van der Waals surface area contributed by atoms with E-state index in [2.05, 4.69) is 10.3 Å². The Labute approximate surface area is 93.3 Å². The second-order valence-electron chi connectivity index (χ2n) is 3.48. The predicted octanol–water partition coefficient (Wildman–Crippen LogP) is 0.886. The van der Waals surface area contributed by atoms with E-state index in [1.807, 2.05) is 25.2 Å². The van der Waals surface area contributed by atoms with E-state index < -0.39 is 0 Å². The van der Waals surface area contributed by atoms with Crippen LogP contribution in [-0.2, 0) is 20.3 Å². The maximum atomic E-state index is 8.97. The summed E-state index contributed by atoms with van der Waals surface area (Å²) in [5, 5.41) is 16.7. The minimum Gasteiger partial charge on any atom is -0.487 e. The molecule has 5 nitrogen and oxygen atoms in total. The van der Waals surface area contributed by atoms with Crippen LogP contribution in [0.4, 0.5) is 0 Å². The Morgan fingerprint density at radius 3 is 3.00 bits per heavy atom. The number of aliphatic hydroxyl groups excluding tert-OH is 1. The van der Waals surface area contributed by atoms with Crippen molar-refractivity contribution in [2.24, 2.45) is 7.05 Å². The molecule has 16 heavy (non-hydrogen) atoms. The first-order chi connectivity index (χ1) is 7.78. The van der Waals surface area contributed by atoms with Crippen LogP contribution < -0.4 is 4.74 Å². The van der Waals surface area contributed by atoms with Crippen molar-refractivity contribution in [3.05, 3.63) is 41.7 Å². The first-order valence-electron chi connectivity index (χ1n) is 4.96. The molecule has 1 aromatic carbocycles. The lowest BCUT2D eigenvalue weighted by molar-refractivity contribution is 0.277. The summed E-state index contributed by atoms with van der Waals surface area (Å²) in [6.07, 6.45) is 1.80. The third kappa shape index (κ3) is 2.58. The molecule has 0 unspecified atom stereocenters. The maximum absolute atomic E-state index is 8.97. The second-order valence-corrected chi connectivity index (χ2v) is 3.48. The van der Waals surface area contributed by atoms with Crippen LogP contribution >= 0.6 is 0 Å². The molecule has 0 aliphatic rings. The van der Waals surface area contributed by atoms with Crippen LogP contribution in [0.2, 0.25) is 0 Å². The molecule has 84 valence electrons. The van der Waals surface area contributed by atoms with Crippen molar-refractivity contribution in [3.8, 4) is 5.75 Å². The standard InChI is InChI=1S/C11H13N3O2/c1-14-6-10(12-13-14)8-16-11-4-2-3-9(5-11)7-15/h2-6,15H,7-8H2,1H3. The molecule has 0 saturated heterocycles. The Hall–Kier alpha value is -1.88. The zero-order valence-corrected chi connectivity index (χ0v) is 9.00. The monoisotopic (exact) mass is 219 g/mol. The van der Waals surface area contributed by atoms with E-state index in [0.717, 1.165) is 17.0 Å². The second kappa shape index (κ2) is 4.76.